The van der Waals surface area contributed by atoms with Crippen molar-refractivity contribution < 1.29 is 0 Å². The second-order valence-corrected chi connectivity index (χ2v) is 5.90. The Bertz CT molecular complexity index is 252. The largest absolute Gasteiger partial charge is 0.0613 e. The van der Waals surface area contributed by atoms with Gasteiger partial charge in [-0.05, 0) is 29.5 Å². The molecule has 0 amide bonds. The standard InChI is InChI=1S/C8H9Br.C5H12/c1-2-7-4-3-5-8(9)6-7;1-5(2,3)4/h3-6H,2H2,1H3;1-4H3. The van der Waals surface area contributed by atoms with Gasteiger partial charge in [0.2, 0.25) is 0 Å². The van der Waals surface area contributed by atoms with Crippen LogP contribution in [0.1, 0.15) is 40.2 Å². The quantitative estimate of drug-likeness (QED) is 0.659. The predicted molar refractivity (Wildman–Crippen MR) is 68.6 cm³/mol. The van der Waals surface area contributed by atoms with E-state index in [-0.39, 0.29) is 0 Å². The van der Waals surface area contributed by atoms with Crippen LogP contribution in [0.3, 0.4) is 0 Å². The zero-order valence-electron chi connectivity index (χ0n) is 9.89. The van der Waals surface area contributed by atoms with Crippen LogP contribution in [0, 0.1) is 5.41 Å². The summed E-state index contributed by atoms with van der Waals surface area (Å²) in [5.41, 5.74) is 1.88. The van der Waals surface area contributed by atoms with Gasteiger partial charge < -0.3 is 0 Å². The van der Waals surface area contributed by atoms with E-state index in [0.29, 0.717) is 5.41 Å². The molecule has 0 saturated carbocycles. The highest BCUT2D eigenvalue weighted by Gasteiger charge is 1.95. The SMILES string of the molecule is CC(C)(C)C.CCc1cccc(Br)c1. The summed E-state index contributed by atoms with van der Waals surface area (Å²) in [5, 5.41) is 0. The molecule has 80 valence electrons. The van der Waals surface area contributed by atoms with Gasteiger partial charge in [-0.3, -0.25) is 0 Å². The minimum Gasteiger partial charge on any atom is -0.0613 e. The van der Waals surface area contributed by atoms with E-state index in [1.165, 1.54) is 10.0 Å². The molecular formula is C13H21Br. The van der Waals surface area contributed by atoms with Gasteiger partial charge in [-0.25, -0.2) is 0 Å². The smallest absolute Gasteiger partial charge is 0.0177 e. The number of hydrogen-bond donors (Lipinski definition) is 0. The van der Waals surface area contributed by atoms with Gasteiger partial charge in [0.25, 0.3) is 0 Å². The molecular weight excluding hydrogens is 236 g/mol. The van der Waals surface area contributed by atoms with Crippen molar-refractivity contribution in [2.75, 3.05) is 0 Å². The summed E-state index contributed by atoms with van der Waals surface area (Å²) in [5.74, 6) is 0. The van der Waals surface area contributed by atoms with Gasteiger partial charge in [0.05, 0.1) is 0 Å². The Kier molecular flexibility index (Phi) is 6.10. The summed E-state index contributed by atoms with van der Waals surface area (Å²) < 4.78 is 1.17. The van der Waals surface area contributed by atoms with Crippen LogP contribution in [0.5, 0.6) is 0 Å². The van der Waals surface area contributed by atoms with Crippen LogP contribution in [0.4, 0.5) is 0 Å². The lowest BCUT2D eigenvalue weighted by Gasteiger charge is -2.05. The second kappa shape index (κ2) is 6.23. The van der Waals surface area contributed by atoms with E-state index < -0.39 is 0 Å². The Morgan fingerprint density at radius 1 is 1.14 bits per heavy atom. The summed E-state index contributed by atoms with van der Waals surface area (Å²) >= 11 is 3.40. The molecule has 0 N–H and O–H groups in total. The van der Waals surface area contributed by atoms with E-state index in [1.807, 2.05) is 6.07 Å². The van der Waals surface area contributed by atoms with Crippen molar-refractivity contribution >= 4 is 15.9 Å². The summed E-state index contributed by atoms with van der Waals surface area (Å²) in [6.07, 6.45) is 1.11. The number of rotatable bonds is 1. The highest BCUT2D eigenvalue weighted by molar-refractivity contribution is 9.10. The first-order valence-electron chi connectivity index (χ1n) is 5.07. The van der Waals surface area contributed by atoms with Gasteiger partial charge in [-0.2, -0.15) is 0 Å². The van der Waals surface area contributed by atoms with E-state index in [4.69, 9.17) is 0 Å². The number of benzene rings is 1. The molecule has 0 aliphatic heterocycles. The van der Waals surface area contributed by atoms with E-state index in [2.05, 4.69) is 68.7 Å². The fourth-order valence-electron chi connectivity index (χ4n) is 0.757. The topological polar surface area (TPSA) is 0 Å². The first-order chi connectivity index (χ1) is 6.33. The highest BCUT2D eigenvalue weighted by Crippen LogP contribution is 2.11. The van der Waals surface area contributed by atoms with Gasteiger partial charge in [-0.15, -0.1) is 0 Å². The minimum absolute atomic E-state index is 0.500. The maximum atomic E-state index is 3.40. The van der Waals surface area contributed by atoms with Crippen molar-refractivity contribution in [2.45, 2.75) is 41.0 Å². The minimum atomic E-state index is 0.500. The zero-order chi connectivity index (χ0) is 11.2. The monoisotopic (exact) mass is 256 g/mol. The molecule has 0 spiro atoms. The number of hydrogen-bond acceptors (Lipinski definition) is 0. The summed E-state index contributed by atoms with van der Waals surface area (Å²) in [7, 11) is 0. The molecule has 0 bridgehead atoms. The molecule has 1 rings (SSSR count). The first-order valence-corrected chi connectivity index (χ1v) is 5.86. The van der Waals surface area contributed by atoms with E-state index in [0.717, 1.165) is 6.42 Å². The number of aryl methyl sites for hydroxylation is 1. The molecule has 0 unspecified atom stereocenters. The normalized spacial score (nSPS) is 10.4. The molecule has 1 aromatic carbocycles. The van der Waals surface area contributed by atoms with Gasteiger partial charge in [-0.1, -0.05) is 62.7 Å². The summed E-state index contributed by atoms with van der Waals surface area (Å²) in [6, 6.07) is 8.37. The van der Waals surface area contributed by atoms with Gasteiger partial charge in [0.15, 0.2) is 0 Å². The Labute approximate surface area is 96.9 Å². The van der Waals surface area contributed by atoms with Crippen molar-refractivity contribution in [1.29, 1.82) is 0 Å². The molecule has 1 heteroatoms. The molecule has 0 saturated heterocycles. The molecule has 0 nitrogen and oxygen atoms in total. The molecule has 0 atom stereocenters. The van der Waals surface area contributed by atoms with Crippen molar-refractivity contribution in [1.82, 2.24) is 0 Å². The second-order valence-electron chi connectivity index (χ2n) is 4.98. The maximum Gasteiger partial charge on any atom is 0.0177 e. The fourth-order valence-corrected chi connectivity index (χ4v) is 1.20. The van der Waals surface area contributed by atoms with Crippen LogP contribution in [0.15, 0.2) is 28.7 Å². The molecule has 0 aliphatic carbocycles. The zero-order valence-corrected chi connectivity index (χ0v) is 11.5. The van der Waals surface area contributed by atoms with Crippen molar-refractivity contribution in [3.05, 3.63) is 34.3 Å². The third-order valence-electron chi connectivity index (χ3n) is 1.30. The first kappa shape index (κ1) is 13.7. The molecule has 1 aromatic rings. The average Bonchev–Trinajstić information content (AvgIpc) is 2.01. The van der Waals surface area contributed by atoms with E-state index in [9.17, 15) is 0 Å². The van der Waals surface area contributed by atoms with E-state index in [1.54, 1.807) is 0 Å². The predicted octanol–water partition coefficient (Wildman–Crippen LogP) is 5.06. The van der Waals surface area contributed by atoms with Crippen LogP contribution in [0.2, 0.25) is 0 Å². The van der Waals surface area contributed by atoms with Gasteiger partial charge in [0, 0.05) is 4.47 Å². The number of halogens is 1. The molecule has 0 aliphatic rings. The molecule has 0 radical (unpaired) electrons. The van der Waals surface area contributed by atoms with Crippen LogP contribution in [0.25, 0.3) is 0 Å². The fraction of sp³-hybridized carbons (Fsp3) is 0.538. The summed E-state index contributed by atoms with van der Waals surface area (Å²) in [4.78, 5) is 0. The average molecular weight is 257 g/mol. The third kappa shape index (κ3) is 9.79. The molecule has 0 aromatic heterocycles. The van der Waals surface area contributed by atoms with Crippen LogP contribution in [-0.4, -0.2) is 0 Å². The third-order valence-corrected chi connectivity index (χ3v) is 1.79. The van der Waals surface area contributed by atoms with Gasteiger partial charge >= 0.3 is 0 Å². The van der Waals surface area contributed by atoms with E-state index >= 15 is 0 Å². The Morgan fingerprint density at radius 2 is 1.64 bits per heavy atom. The van der Waals surface area contributed by atoms with Crippen LogP contribution in [-0.2, 0) is 6.42 Å². The molecule has 0 heterocycles. The Balaban J connectivity index is 0.000000292. The lowest BCUT2D eigenvalue weighted by atomic mass is 10.0. The van der Waals surface area contributed by atoms with Crippen LogP contribution >= 0.6 is 15.9 Å². The van der Waals surface area contributed by atoms with Gasteiger partial charge in [0.1, 0.15) is 0 Å². The molecule has 0 fully saturated rings. The lowest BCUT2D eigenvalue weighted by Crippen LogP contribution is -1.93. The van der Waals surface area contributed by atoms with Crippen molar-refractivity contribution in [3.8, 4) is 0 Å². The lowest BCUT2D eigenvalue weighted by molar-refractivity contribution is 0.469. The summed E-state index contributed by atoms with van der Waals surface area (Å²) in [6.45, 7) is 10.9. The van der Waals surface area contributed by atoms with Crippen LogP contribution < -0.4 is 0 Å². The Hall–Kier alpha value is -0.300. The van der Waals surface area contributed by atoms with Crippen molar-refractivity contribution in [2.24, 2.45) is 5.41 Å². The maximum absolute atomic E-state index is 3.40. The Morgan fingerprint density at radius 3 is 1.93 bits per heavy atom. The highest BCUT2D eigenvalue weighted by atomic mass is 79.9. The van der Waals surface area contributed by atoms with Crippen molar-refractivity contribution in [3.63, 3.8) is 0 Å². The molecule has 14 heavy (non-hydrogen) atoms.